The van der Waals surface area contributed by atoms with Gasteiger partial charge < -0.3 is 10.6 Å². The third kappa shape index (κ3) is 5.21. The highest BCUT2D eigenvalue weighted by Crippen LogP contribution is 2.19. The molecule has 0 saturated heterocycles. The van der Waals surface area contributed by atoms with E-state index in [-0.39, 0.29) is 24.4 Å². The summed E-state index contributed by atoms with van der Waals surface area (Å²) in [4.78, 5) is 24.4. The Hall–Kier alpha value is -3.11. The van der Waals surface area contributed by atoms with E-state index in [1.165, 1.54) is 0 Å². The van der Waals surface area contributed by atoms with Gasteiger partial charge in [0.2, 0.25) is 5.91 Å². The third-order valence-corrected chi connectivity index (χ3v) is 4.66. The quantitative estimate of drug-likeness (QED) is 0.643. The van der Waals surface area contributed by atoms with Crippen molar-refractivity contribution in [3.63, 3.8) is 0 Å². The average Bonchev–Trinajstić information content (AvgIpc) is 2.73. The number of rotatable bonds is 6. The molecule has 3 aromatic carbocycles. The van der Waals surface area contributed by atoms with Gasteiger partial charge in [-0.3, -0.25) is 9.59 Å². The molecular weight excluding hydrogens is 372 g/mol. The van der Waals surface area contributed by atoms with Crippen molar-refractivity contribution in [2.24, 2.45) is 0 Å². The fourth-order valence-corrected chi connectivity index (χ4v) is 2.96. The van der Waals surface area contributed by atoms with Crippen LogP contribution in [0, 0.1) is 0 Å². The lowest BCUT2D eigenvalue weighted by atomic mass is 10.0. The minimum Gasteiger partial charge on any atom is -0.348 e. The van der Waals surface area contributed by atoms with E-state index in [0.717, 1.165) is 16.7 Å². The Morgan fingerprint density at radius 3 is 2.11 bits per heavy atom. The van der Waals surface area contributed by atoms with Gasteiger partial charge in [-0.2, -0.15) is 0 Å². The van der Waals surface area contributed by atoms with Crippen molar-refractivity contribution in [2.45, 2.75) is 13.0 Å². The Labute approximate surface area is 169 Å². The first-order chi connectivity index (χ1) is 13.5. The first kappa shape index (κ1) is 19.6. The maximum absolute atomic E-state index is 12.3. The van der Waals surface area contributed by atoms with Gasteiger partial charge in [-0.05, 0) is 47.9 Å². The lowest BCUT2D eigenvalue weighted by Gasteiger charge is -2.15. The molecule has 0 aliphatic heterocycles. The molecule has 142 valence electrons. The molecule has 28 heavy (non-hydrogen) atoms. The third-order valence-electron chi connectivity index (χ3n) is 4.41. The molecule has 1 atom stereocenters. The van der Waals surface area contributed by atoms with Gasteiger partial charge >= 0.3 is 0 Å². The van der Waals surface area contributed by atoms with E-state index in [1.54, 1.807) is 24.3 Å². The summed E-state index contributed by atoms with van der Waals surface area (Å²) >= 11 is 5.87. The van der Waals surface area contributed by atoms with Gasteiger partial charge in [0.15, 0.2) is 0 Å². The number of hydrogen-bond donors (Lipinski definition) is 2. The molecule has 0 saturated carbocycles. The topological polar surface area (TPSA) is 58.2 Å². The second kappa shape index (κ2) is 9.20. The number of carbonyl (C=O) groups excluding carboxylic acids is 2. The van der Waals surface area contributed by atoms with Crippen LogP contribution in [-0.4, -0.2) is 18.4 Å². The summed E-state index contributed by atoms with van der Waals surface area (Å²) in [6.07, 6.45) is 0. The zero-order chi connectivity index (χ0) is 19.9. The van der Waals surface area contributed by atoms with Crippen molar-refractivity contribution in [1.82, 2.24) is 10.6 Å². The molecule has 0 aromatic heterocycles. The summed E-state index contributed by atoms with van der Waals surface area (Å²) in [6, 6.07) is 24.3. The number of halogens is 1. The number of hydrogen-bond acceptors (Lipinski definition) is 2. The van der Waals surface area contributed by atoms with E-state index in [0.29, 0.717) is 10.6 Å². The van der Waals surface area contributed by atoms with Crippen molar-refractivity contribution in [1.29, 1.82) is 0 Å². The molecule has 3 aromatic rings. The predicted molar refractivity (Wildman–Crippen MR) is 112 cm³/mol. The smallest absolute Gasteiger partial charge is 0.251 e. The maximum atomic E-state index is 12.3. The van der Waals surface area contributed by atoms with E-state index in [2.05, 4.69) is 10.6 Å². The predicted octanol–water partition coefficient (Wildman–Crippen LogP) is 4.61. The van der Waals surface area contributed by atoms with Crippen LogP contribution in [0.25, 0.3) is 11.1 Å². The largest absolute Gasteiger partial charge is 0.348 e. The van der Waals surface area contributed by atoms with Crippen molar-refractivity contribution >= 4 is 23.4 Å². The summed E-state index contributed by atoms with van der Waals surface area (Å²) < 4.78 is 0. The summed E-state index contributed by atoms with van der Waals surface area (Å²) in [7, 11) is 0. The van der Waals surface area contributed by atoms with E-state index >= 15 is 0 Å². The highest BCUT2D eigenvalue weighted by molar-refractivity contribution is 6.30. The van der Waals surface area contributed by atoms with E-state index < -0.39 is 0 Å². The molecule has 0 spiro atoms. The van der Waals surface area contributed by atoms with Crippen molar-refractivity contribution in [3.8, 4) is 11.1 Å². The molecule has 2 amide bonds. The zero-order valence-electron chi connectivity index (χ0n) is 15.5. The van der Waals surface area contributed by atoms with Crippen LogP contribution in [0.1, 0.15) is 28.9 Å². The van der Waals surface area contributed by atoms with Crippen LogP contribution in [0.5, 0.6) is 0 Å². The first-order valence-electron chi connectivity index (χ1n) is 9.01. The van der Waals surface area contributed by atoms with Gasteiger partial charge in [0.05, 0.1) is 12.6 Å². The molecular formula is C23H21ClN2O2. The summed E-state index contributed by atoms with van der Waals surface area (Å²) in [6.45, 7) is 1.79. The average molecular weight is 393 g/mol. The molecule has 0 radical (unpaired) electrons. The standard InChI is InChI=1S/C23H21ClN2O2/c1-16(17-11-13-21(24)14-12-17)26-22(27)15-25-23(28)20-9-7-19(8-10-20)18-5-3-2-4-6-18/h2-14,16H,15H2,1H3,(H,25,28)(H,26,27). The lowest BCUT2D eigenvalue weighted by molar-refractivity contribution is -0.120. The molecule has 5 heteroatoms. The van der Waals surface area contributed by atoms with Crippen molar-refractivity contribution in [3.05, 3.63) is 95.0 Å². The zero-order valence-corrected chi connectivity index (χ0v) is 16.2. The Balaban J connectivity index is 1.52. The van der Waals surface area contributed by atoms with Crippen LogP contribution >= 0.6 is 11.6 Å². The second-order valence-corrected chi connectivity index (χ2v) is 6.90. The van der Waals surface area contributed by atoms with E-state index in [9.17, 15) is 9.59 Å². The second-order valence-electron chi connectivity index (χ2n) is 6.47. The fraction of sp³-hybridized carbons (Fsp3) is 0.130. The molecule has 0 aliphatic carbocycles. The van der Waals surface area contributed by atoms with Crippen LogP contribution in [0.3, 0.4) is 0 Å². The fourth-order valence-electron chi connectivity index (χ4n) is 2.83. The summed E-state index contributed by atoms with van der Waals surface area (Å²) in [5.74, 6) is -0.536. The maximum Gasteiger partial charge on any atom is 0.251 e. The SMILES string of the molecule is CC(NC(=O)CNC(=O)c1ccc(-c2ccccc2)cc1)c1ccc(Cl)cc1. The molecule has 2 N–H and O–H groups in total. The number of amides is 2. The Bertz CT molecular complexity index is 939. The molecule has 4 nitrogen and oxygen atoms in total. The van der Waals surface area contributed by atoms with Gasteiger partial charge in [0.25, 0.3) is 5.91 Å². The minimum absolute atomic E-state index is 0.0861. The Morgan fingerprint density at radius 2 is 1.46 bits per heavy atom. The molecule has 0 aliphatic rings. The van der Waals surface area contributed by atoms with Crippen LogP contribution in [0.4, 0.5) is 0 Å². The Morgan fingerprint density at radius 1 is 0.857 bits per heavy atom. The minimum atomic E-state index is -0.283. The number of nitrogens with one attached hydrogen (secondary N) is 2. The van der Waals surface area contributed by atoms with Crippen LogP contribution in [0.15, 0.2) is 78.9 Å². The van der Waals surface area contributed by atoms with Gasteiger partial charge in [-0.25, -0.2) is 0 Å². The molecule has 0 bridgehead atoms. The molecule has 3 rings (SSSR count). The molecule has 0 heterocycles. The Kier molecular flexibility index (Phi) is 6.45. The number of benzene rings is 3. The lowest BCUT2D eigenvalue weighted by Crippen LogP contribution is -2.38. The highest BCUT2D eigenvalue weighted by Gasteiger charge is 2.12. The van der Waals surface area contributed by atoms with Crippen LogP contribution < -0.4 is 10.6 Å². The molecule has 0 fully saturated rings. The van der Waals surface area contributed by atoms with Gasteiger partial charge in [-0.1, -0.05) is 66.2 Å². The van der Waals surface area contributed by atoms with Crippen LogP contribution in [-0.2, 0) is 4.79 Å². The van der Waals surface area contributed by atoms with Gasteiger partial charge in [0, 0.05) is 10.6 Å². The van der Waals surface area contributed by atoms with Crippen LogP contribution in [0.2, 0.25) is 5.02 Å². The number of carbonyl (C=O) groups is 2. The first-order valence-corrected chi connectivity index (χ1v) is 9.39. The van der Waals surface area contributed by atoms with Gasteiger partial charge in [-0.15, -0.1) is 0 Å². The van der Waals surface area contributed by atoms with E-state index in [1.807, 2.05) is 61.5 Å². The van der Waals surface area contributed by atoms with E-state index in [4.69, 9.17) is 11.6 Å². The normalized spacial score (nSPS) is 11.5. The highest BCUT2D eigenvalue weighted by atomic mass is 35.5. The van der Waals surface area contributed by atoms with Gasteiger partial charge in [0.1, 0.15) is 0 Å². The van der Waals surface area contributed by atoms with Crippen molar-refractivity contribution in [2.75, 3.05) is 6.54 Å². The summed E-state index contributed by atoms with van der Waals surface area (Å²) in [5, 5.41) is 6.15. The summed E-state index contributed by atoms with van der Waals surface area (Å²) in [5.41, 5.74) is 3.58. The molecule has 1 unspecified atom stereocenters. The van der Waals surface area contributed by atoms with Crippen molar-refractivity contribution < 1.29 is 9.59 Å². The monoisotopic (exact) mass is 392 g/mol.